The van der Waals surface area contributed by atoms with Gasteiger partial charge in [0.1, 0.15) is 11.4 Å². The highest BCUT2D eigenvalue weighted by atomic mass is 16.6. The molecule has 3 heterocycles. The second-order valence-electron chi connectivity index (χ2n) is 6.77. The molecule has 1 aromatic rings. The molecule has 1 fully saturated rings. The Hall–Kier alpha value is -1.56. The van der Waals surface area contributed by atoms with Crippen molar-refractivity contribution < 1.29 is 14.3 Å². The number of amides is 1. The smallest absolute Gasteiger partial charge is 0.410 e. The monoisotopic (exact) mass is 293 g/mol. The van der Waals surface area contributed by atoms with Crippen molar-refractivity contribution in [1.82, 2.24) is 14.9 Å². The molecule has 0 aromatic carbocycles. The minimum atomic E-state index is -0.475. The van der Waals surface area contributed by atoms with E-state index in [1.807, 2.05) is 27.7 Å². The maximum absolute atomic E-state index is 12.3. The molecule has 0 bridgehead atoms. The minimum Gasteiger partial charge on any atom is -0.444 e. The van der Waals surface area contributed by atoms with Crippen LogP contribution in [0.15, 0.2) is 0 Å². The van der Waals surface area contributed by atoms with Gasteiger partial charge in [0.25, 0.3) is 0 Å². The average Bonchev–Trinajstić information content (AvgIpc) is 3.03. The number of carbonyl (C=O) groups excluding carboxylic acids is 1. The molecule has 6 nitrogen and oxygen atoms in total. The Kier molecular flexibility index (Phi) is 3.43. The zero-order valence-electron chi connectivity index (χ0n) is 13.1. The topological polar surface area (TPSA) is 67.5 Å². The number of fused-ring (bicyclic) bond motifs is 1. The predicted molar refractivity (Wildman–Crippen MR) is 76.7 cm³/mol. The fourth-order valence-corrected chi connectivity index (χ4v) is 2.93. The highest BCUT2D eigenvalue weighted by Gasteiger charge is 2.36. The lowest BCUT2D eigenvalue weighted by Crippen LogP contribution is -2.36. The van der Waals surface area contributed by atoms with Crippen LogP contribution < -0.4 is 0 Å². The molecule has 2 atom stereocenters. The fourth-order valence-electron chi connectivity index (χ4n) is 2.93. The molecule has 116 valence electrons. The second-order valence-corrected chi connectivity index (χ2v) is 6.77. The predicted octanol–water partition coefficient (Wildman–Crippen LogP) is 3.07. The SMILES string of the molecule is CC1OCc2[nH]c([C@@H]3CCCN3C(=O)OC(C)(C)C)nc21. The van der Waals surface area contributed by atoms with E-state index in [1.165, 1.54) is 0 Å². The van der Waals surface area contributed by atoms with Gasteiger partial charge in [0, 0.05) is 6.54 Å². The summed E-state index contributed by atoms with van der Waals surface area (Å²) in [5.41, 5.74) is 1.53. The first-order chi connectivity index (χ1) is 9.85. The number of aromatic amines is 1. The summed E-state index contributed by atoms with van der Waals surface area (Å²) >= 11 is 0. The van der Waals surface area contributed by atoms with Crippen LogP contribution in [0.1, 0.15) is 69.9 Å². The molecule has 1 amide bonds. The summed E-state index contributed by atoms with van der Waals surface area (Å²) in [6, 6.07) is -0.0161. The van der Waals surface area contributed by atoms with Gasteiger partial charge >= 0.3 is 6.09 Å². The van der Waals surface area contributed by atoms with Gasteiger partial charge < -0.3 is 14.5 Å². The fraction of sp³-hybridized carbons (Fsp3) is 0.733. The summed E-state index contributed by atoms with van der Waals surface area (Å²) in [6.07, 6.45) is 1.66. The molecule has 1 aromatic heterocycles. The molecule has 1 N–H and O–H groups in total. The Morgan fingerprint density at radius 2 is 2.24 bits per heavy atom. The molecule has 0 aliphatic carbocycles. The minimum absolute atomic E-state index is 0.0161. The van der Waals surface area contributed by atoms with E-state index >= 15 is 0 Å². The van der Waals surface area contributed by atoms with Crippen LogP contribution in [0, 0.1) is 0 Å². The Morgan fingerprint density at radius 3 is 2.90 bits per heavy atom. The molecular weight excluding hydrogens is 270 g/mol. The first kappa shape index (κ1) is 14.4. The van der Waals surface area contributed by atoms with Gasteiger partial charge in [0.15, 0.2) is 0 Å². The van der Waals surface area contributed by atoms with Gasteiger partial charge in [-0.3, -0.25) is 4.90 Å². The number of hydrogen-bond donors (Lipinski definition) is 1. The quantitative estimate of drug-likeness (QED) is 0.864. The molecule has 1 unspecified atom stereocenters. The summed E-state index contributed by atoms with van der Waals surface area (Å²) in [6.45, 7) is 8.94. The lowest BCUT2D eigenvalue weighted by molar-refractivity contribution is 0.0217. The highest BCUT2D eigenvalue weighted by Crippen LogP contribution is 2.35. The summed E-state index contributed by atoms with van der Waals surface area (Å²) in [4.78, 5) is 22.1. The third-order valence-corrected chi connectivity index (χ3v) is 3.89. The van der Waals surface area contributed by atoms with E-state index in [2.05, 4.69) is 9.97 Å². The number of hydrogen-bond acceptors (Lipinski definition) is 4. The second kappa shape index (κ2) is 5.02. The maximum atomic E-state index is 12.3. The van der Waals surface area contributed by atoms with E-state index in [0.717, 1.165) is 36.6 Å². The number of nitrogens with one attached hydrogen (secondary N) is 1. The normalized spacial score (nSPS) is 25.2. The highest BCUT2D eigenvalue weighted by molar-refractivity contribution is 5.69. The van der Waals surface area contributed by atoms with Crippen molar-refractivity contribution in [2.45, 2.75) is 64.9 Å². The van der Waals surface area contributed by atoms with Gasteiger partial charge in [-0.15, -0.1) is 0 Å². The molecule has 2 aliphatic heterocycles. The van der Waals surface area contributed by atoms with Gasteiger partial charge in [0.2, 0.25) is 0 Å². The number of H-pyrrole nitrogens is 1. The van der Waals surface area contributed by atoms with E-state index in [4.69, 9.17) is 9.47 Å². The number of likely N-dealkylation sites (tertiary alicyclic amines) is 1. The first-order valence-electron chi connectivity index (χ1n) is 7.55. The van der Waals surface area contributed by atoms with Gasteiger partial charge in [-0.25, -0.2) is 9.78 Å². The number of carbonyl (C=O) groups is 1. The van der Waals surface area contributed by atoms with E-state index < -0.39 is 5.60 Å². The van der Waals surface area contributed by atoms with Gasteiger partial charge in [0.05, 0.1) is 30.1 Å². The van der Waals surface area contributed by atoms with Crippen molar-refractivity contribution >= 4 is 6.09 Å². The zero-order chi connectivity index (χ0) is 15.2. The van der Waals surface area contributed by atoms with Crippen LogP contribution in [-0.4, -0.2) is 33.1 Å². The largest absolute Gasteiger partial charge is 0.444 e. The summed E-state index contributed by atoms with van der Waals surface area (Å²) in [5.74, 6) is 0.860. The Labute approximate surface area is 124 Å². The van der Waals surface area contributed by atoms with E-state index in [9.17, 15) is 4.79 Å². The van der Waals surface area contributed by atoms with Crippen LogP contribution in [0.3, 0.4) is 0 Å². The Morgan fingerprint density at radius 1 is 1.48 bits per heavy atom. The van der Waals surface area contributed by atoms with Gasteiger partial charge in [-0.2, -0.15) is 0 Å². The van der Waals surface area contributed by atoms with Crippen LogP contribution in [0.2, 0.25) is 0 Å². The Bertz CT molecular complexity index is 547. The number of ether oxygens (including phenoxy) is 2. The average molecular weight is 293 g/mol. The number of rotatable bonds is 1. The van der Waals surface area contributed by atoms with Crippen LogP contribution in [0.25, 0.3) is 0 Å². The summed E-state index contributed by atoms with van der Waals surface area (Å²) in [7, 11) is 0. The molecule has 1 saturated heterocycles. The standard InChI is InChI=1S/C15H23N3O3/c1-9-12-10(8-20-9)16-13(17-12)11-6-5-7-18(11)14(19)21-15(2,3)4/h9,11H,5-8H2,1-4H3,(H,16,17)/t9?,11-/m0/s1. The lowest BCUT2D eigenvalue weighted by atomic mass is 10.2. The Balaban J connectivity index is 1.78. The lowest BCUT2D eigenvalue weighted by Gasteiger charge is -2.27. The van der Waals surface area contributed by atoms with Crippen molar-refractivity contribution in [2.24, 2.45) is 0 Å². The third kappa shape index (κ3) is 2.77. The van der Waals surface area contributed by atoms with Crippen LogP contribution in [-0.2, 0) is 16.1 Å². The van der Waals surface area contributed by atoms with E-state index in [0.29, 0.717) is 6.61 Å². The number of aromatic nitrogens is 2. The molecule has 3 rings (SSSR count). The molecular formula is C15H23N3O3. The molecule has 0 spiro atoms. The first-order valence-corrected chi connectivity index (χ1v) is 7.55. The molecule has 0 saturated carbocycles. The van der Waals surface area contributed by atoms with Crippen molar-refractivity contribution in [3.63, 3.8) is 0 Å². The van der Waals surface area contributed by atoms with Crippen molar-refractivity contribution in [1.29, 1.82) is 0 Å². The van der Waals surface area contributed by atoms with E-state index in [-0.39, 0.29) is 18.2 Å². The van der Waals surface area contributed by atoms with E-state index in [1.54, 1.807) is 4.90 Å². The maximum Gasteiger partial charge on any atom is 0.410 e. The van der Waals surface area contributed by atoms with Crippen LogP contribution >= 0.6 is 0 Å². The molecule has 0 radical (unpaired) electrons. The molecule has 2 aliphatic rings. The zero-order valence-corrected chi connectivity index (χ0v) is 13.1. The number of nitrogens with zero attached hydrogens (tertiary/aromatic N) is 2. The van der Waals surface area contributed by atoms with Gasteiger partial charge in [-0.05, 0) is 40.5 Å². The molecule has 21 heavy (non-hydrogen) atoms. The third-order valence-electron chi connectivity index (χ3n) is 3.89. The van der Waals surface area contributed by atoms with Crippen LogP contribution in [0.5, 0.6) is 0 Å². The summed E-state index contributed by atoms with van der Waals surface area (Å²) < 4.78 is 11.0. The molecule has 6 heteroatoms. The number of imidazole rings is 1. The summed E-state index contributed by atoms with van der Waals surface area (Å²) in [5, 5.41) is 0. The van der Waals surface area contributed by atoms with Gasteiger partial charge in [-0.1, -0.05) is 0 Å². The van der Waals surface area contributed by atoms with Crippen molar-refractivity contribution in [3.05, 3.63) is 17.2 Å². The van der Waals surface area contributed by atoms with Crippen LogP contribution in [0.4, 0.5) is 4.79 Å². The van der Waals surface area contributed by atoms with Crippen molar-refractivity contribution in [3.8, 4) is 0 Å². The van der Waals surface area contributed by atoms with Crippen molar-refractivity contribution in [2.75, 3.05) is 6.54 Å².